The highest BCUT2D eigenvalue weighted by molar-refractivity contribution is 5.97. The molecule has 1 aliphatic heterocycles. The number of carbonyl (C=O) groups is 1. The van der Waals surface area contributed by atoms with Crippen molar-refractivity contribution in [2.24, 2.45) is 0 Å². The molecule has 126 valence electrons. The van der Waals surface area contributed by atoms with Crippen LogP contribution in [0.4, 0.5) is 0 Å². The lowest BCUT2D eigenvalue weighted by atomic mass is 10.0. The first-order valence-corrected chi connectivity index (χ1v) is 6.94. The molecule has 0 N–H and O–H groups in total. The third kappa shape index (κ3) is 2.58. The van der Waals surface area contributed by atoms with Crippen molar-refractivity contribution in [1.82, 2.24) is 15.0 Å². The number of ether oxygens (including phenoxy) is 5. The zero-order valence-corrected chi connectivity index (χ0v) is 13.5. The summed E-state index contributed by atoms with van der Waals surface area (Å²) in [6, 6.07) is 5.01. The molecular formula is C15H15N3O6. The van der Waals surface area contributed by atoms with Crippen LogP contribution in [-0.4, -0.2) is 42.3 Å². The molecule has 0 saturated carbocycles. The summed E-state index contributed by atoms with van der Waals surface area (Å²) < 4.78 is 26.2. The molecule has 1 aromatic carbocycles. The van der Waals surface area contributed by atoms with E-state index in [0.717, 1.165) is 0 Å². The van der Waals surface area contributed by atoms with Gasteiger partial charge in [0.2, 0.25) is 5.79 Å². The third-order valence-corrected chi connectivity index (χ3v) is 3.54. The van der Waals surface area contributed by atoms with Crippen molar-refractivity contribution in [3.8, 4) is 23.8 Å². The lowest BCUT2D eigenvalue weighted by Gasteiger charge is -2.21. The van der Waals surface area contributed by atoms with Gasteiger partial charge in [-0.1, -0.05) is 12.1 Å². The van der Waals surface area contributed by atoms with Gasteiger partial charge in [-0.15, -0.1) is 15.0 Å². The van der Waals surface area contributed by atoms with Crippen LogP contribution in [0.2, 0.25) is 0 Å². The van der Waals surface area contributed by atoms with E-state index in [1.54, 1.807) is 25.1 Å². The fourth-order valence-corrected chi connectivity index (χ4v) is 2.29. The number of esters is 1. The quantitative estimate of drug-likeness (QED) is 0.756. The van der Waals surface area contributed by atoms with Crippen LogP contribution in [0.5, 0.6) is 23.8 Å². The summed E-state index contributed by atoms with van der Waals surface area (Å²) in [5, 5.41) is 0. The van der Waals surface area contributed by atoms with Gasteiger partial charge in [-0.2, -0.15) is 0 Å². The average molecular weight is 333 g/mol. The maximum absolute atomic E-state index is 12.2. The fraction of sp³-hybridized carbons (Fsp3) is 0.333. The SMILES string of the molecule is COc1nc(OC)nc(Oc2cccc3c2C(=O)OC3(C)OC)n1. The molecule has 2 heterocycles. The minimum atomic E-state index is -1.17. The number of methoxy groups -OCH3 is 3. The molecule has 1 atom stereocenters. The first-order valence-electron chi connectivity index (χ1n) is 6.94. The summed E-state index contributed by atoms with van der Waals surface area (Å²) >= 11 is 0. The van der Waals surface area contributed by atoms with E-state index in [1.807, 2.05) is 0 Å². The van der Waals surface area contributed by atoms with E-state index in [0.29, 0.717) is 5.56 Å². The zero-order valence-electron chi connectivity index (χ0n) is 13.5. The normalized spacial score (nSPS) is 18.8. The Balaban J connectivity index is 2.03. The Kier molecular flexibility index (Phi) is 3.94. The van der Waals surface area contributed by atoms with Gasteiger partial charge < -0.3 is 23.7 Å². The Morgan fingerprint density at radius 1 is 1.00 bits per heavy atom. The van der Waals surface area contributed by atoms with Crippen molar-refractivity contribution < 1.29 is 28.5 Å². The number of hydrogen-bond donors (Lipinski definition) is 0. The monoisotopic (exact) mass is 333 g/mol. The topological polar surface area (TPSA) is 102 Å². The maximum atomic E-state index is 12.2. The Labute approximate surface area is 137 Å². The molecule has 0 fully saturated rings. The average Bonchev–Trinajstić information content (AvgIpc) is 2.87. The van der Waals surface area contributed by atoms with Crippen LogP contribution >= 0.6 is 0 Å². The minimum Gasteiger partial charge on any atom is -0.467 e. The van der Waals surface area contributed by atoms with Crippen LogP contribution in [0.25, 0.3) is 0 Å². The van der Waals surface area contributed by atoms with E-state index >= 15 is 0 Å². The van der Waals surface area contributed by atoms with Crippen LogP contribution in [0, 0.1) is 0 Å². The number of hydrogen-bond acceptors (Lipinski definition) is 9. The molecular weight excluding hydrogens is 318 g/mol. The highest BCUT2D eigenvalue weighted by Crippen LogP contribution is 2.41. The van der Waals surface area contributed by atoms with Crippen molar-refractivity contribution in [3.63, 3.8) is 0 Å². The van der Waals surface area contributed by atoms with E-state index < -0.39 is 11.8 Å². The molecule has 1 unspecified atom stereocenters. The van der Waals surface area contributed by atoms with Crippen molar-refractivity contribution in [1.29, 1.82) is 0 Å². The fourth-order valence-electron chi connectivity index (χ4n) is 2.29. The van der Waals surface area contributed by atoms with Crippen molar-refractivity contribution in [2.45, 2.75) is 12.7 Å². The first kappa shape index (κ1) is 15.9. The van der Waals surface area contributed by atoms with Crippen molar-refractivity contribution >= 4 is 5.97 Å². The molecule has 9 nitrogen and oxygen atoms in total. The first-order chi connectivity index (χ1) is 11.5. The Morgan fingerprint density at radius 3 is 2.21 bits per heavy atom. The Bertz CT molecular complexity index is 775. The molecule has 0 spiro atoms. The number of aromatic nitrogens is 3. The van der Waals surface area contributed by atoms with Gasteiger partial charge in [0.05, 0.1) is 14.2 Å². The number of nitrogens with zero attached hydrogens (tertiary/aromatic N) is 3. The van der Waals surface area contributed by atoms with Gasteiger partial charge in [0.1, 0.15) is 11.3 Å². The van der Waals surface area contributed by atoms with Gasteiger partial charge in [0.15, 0.2) is 0 Å². The summed E-state index contributed by atoms with van der Waals surface area (Å²) in [4.78, 5) is 24.0. The molecule has 9 heteroatoms. The van der Waals surface area contributed by atoms with Crippen molar-refractivity contribution in [3.05, 3.63) is 29.3 Å². The molecule has 0 bridgehead atoms. The van der Waals surface area contributed by atoms with Crippen LogP contribution in [-0.2, 0) is 15.3 Å². The number of carbonyl (C=O) groups excluding carboxylic acids is 1. The number of rotatable bonds is 5. The summed E-state index contributed by atoms with van der Waals surface area (Å²) in [5.41, 5.74) is 0.806. The molecule has 0 amide bonds. The number of cyclic esters (lactones) is 1. The van der Waals surface area contributed by atoms with E-state index in [-0.39, 0.29) is 29.3 Å². The van der Waals surface area contributed by atoms with Gasteiger partial charge >= 0.3 is 24.0 Å². The van der Waals surface area contributed by atoms with Gasteiger partial charge in [-0.05, 0) is 6.07 Å². The molecule has 1 aliphatic rings. The second-order valence-electron chi connectivity index (χ2n) is 4.91. The van der Waals surface area contributed by atoms with E-state index in [2.05, 4.69) is 15.0 Å². The van der Waals surface area contributed by atoms with E-state index in [1.165, 1.54) is 21.3 Å². The van der Waals surface area contributed by atoms with E-state index in [4.69, 9.17) is 23.7 Å². The predicted octanol–water partition coefficient (Wildman–Crippen LogP) is 1.67. The van der Waals surface area contributed by atoms with Gasteiger partial charge in [0.25, 0.3) is 0 Å². The summed E-state index contributed by atoms with van der Waals surface area (Å²) in [7, 11) is 4.26. The van der Waals surface area contributed by atoms with Crippen LogP contribution in [0.1, 0.15) is 22.8 Å². The second-order valence-corrected chi connectivity index (χ2v) is 4.91. The Morgan fingerprint density at radius 2 is 1.62 bits per heavy atom. The smallest absolute Gasteiger partial charge is 0.345 e. The van der Waals surface area contributed by atoms with Gasteiger partial charge in [0, 0.05) is 19.6 Å². The lowest BCUT2D eigenvalue weighted by Crippen LogP contribution is -2.23. The highest BCUT2D eigenvalue weighted by Gasteiger charge is 2.44. The summed E-state index contributed by atoms with van der Waals surface area (Å²) in [5.74, 6) is -1.49. The largest absolute Gasteiger partial charge is 0.467 e. The zero-order chi connectivity index (χ0) is 17.3. The molecule has 1 aromatic heterocycles. The molecule has 0 radical (unpaired) electrons. The summed E-state index contributed by atoms with van der Waals surface area (Å²) in [6.07, 6.45) is 0. The predicted molar refractivity (Wildman–Crippen MR) is 79.2 cm³/mol. The highest BCUT2D eigenvalue weighted by atomic mass is 16.7. The summed E-state index contributed by atoms with van der Waals surface area (Å²) in [6.45, 7) is 1.65. The molecule has 0 aliphatic carbocycles. The standard InChI is InChI=1S/C15H15N3O6/c1-15(22-4)8-6-5-7-9(10(8)11(19)24-15)23-14-17-12(20-2)16-13(18-14)21-3/h5-7H,1-4H3. The van der Waals surface area contributed by atoms with E-state index in [9.17, 15) is 4.79 Å². The third-order valence-electron chi connectivity index (χ3n) is 3.54. The molecule has 0 saturated heterocycles. The molecule has 2 aromatic rings. The van der Waals surface area contributed by atoms with Crippen molar-refractivity contribution in [2.75, 3.05) is 21.3 Å². The number of fused-ring (bicyclic) bond motifs is 1. The van der Waals surface area contributed by atoms with Crippen LogP contribution in [0.15, 0.2) is 18.2 Å². The lowest BCUT2D eigenvalue weighted by molar-refractivity contribution is -0.172. The van der Waals surface area contributed by atoms with Gasteiger partial charge in [-0.3, -0.25) is 0 Å². The second kappa shape index (κ2) is 5.93. The molecule has 3 rings (SSSR count). The van der Waals surface area contributed by atoms with Crippen LogP contribution < -0.4 is 14.2 Å². The maximum Gasteiger partial charge on any atom is 0.345 e. The number of benzene rings is 1. The Hall–Kier alpha value is -2.94. The minimum absolute atomic E-state index is 0.0220. The van der Waals surface area contributed by atoms with Gasteiger partial charge in [-0.25, -0.2) is 4.79 Å². The molecule has 24 heavy (non-hydrogen) atoms. The van der Waals surface area contributed by atoms with Crippen LogP contribution in [0.3, 0.4) is 0 Å².